The predicted octanol–water partition coefficient (Wildman–Crippen LogP) is 2.38. The van der Waals surface area contributed by atoms with Crippen LogP contribution >= 0.6 is 0 Å². The van der Waals surface area contributed by atoms with E-state index in [4.69, 9.17) is 9.47 Å². The van der Waals surface area contributed by atoms with Gasteiger partial charge in [0.25, 0.3) is 0 Å². The van der Waals surface area contributed by atoms with Gasteiger partial charge in [0.2, 0.25) is 0 Å². The van der Waals surface area contributed by atoms with Gasteiger partial charge in [0.05, 0.1) is 19.6 Å². The maximum absolute atomic E-state index is 11.6. The summed E-state index contributed by atoms with van der Waals surface area (Å²) in [5, 5.41) is 9.50. The monoisotopic (exact) mass is 248 g/mol. The van der Waals surface area contributed by atoms with Crippen LogP contribution < -0.4 is 9.47 Å². The molecule has 4 nitrogen and oxygen atoms in total. The van der Waals surface area contributed by atoms with E-state index in [1.54, 1.807) is 32.4 Å². The van der Waals surface area contributed by atoms with E-state index in [-0.39, 0.29) is 0 Å². The third-order valence-electron chi connectivity index (χ3n) is 3.44. The summed E-state index contributed by atoms with van der Waals surface area (Å²) >= 11 is 0. The van der Waals surface area contributed by atoms with Crippen LogP contribution in [-0.2, 0) is 10.2 Å². The number of hydrogen-bond donors (Lipinski definition) is 1. The molecule has 2 rings (SSSR count). The molecule has 1 N–H and O–H groups in total. The molecule has 0 amide bonds. The molecule has 0 saturated carbocycles. The zero-order chi connectivity index (χ0) is 13.2. The van der Waals surface area contributed by atoms with Crippen molar-refractivity contribution in [3.63, 3.8) is 0 Å². The van der Waals surface area contributed by atoms with Gasteiger partial charge in [-0.15, -0.1) is 0 Å². The third-order valence-corrected chi connectivity index (χ3v) is 3.44. The van der Waals surface area contributed by atoms with Gasteiger partial charge in [0, 0.05) is 0 Å². The smallest absolute Gasteiger partial charge is 0.314 e. The minimum absolute atomic E-state index is 0.512. The first kappa shape index (κ1) is 12.5. The molecule has 1 aromatic rings. The SMILES string of the molecule is COc1ccc(C2(C(=O)O)CC=CC2)cc1OC. The second-order valence-corrected chi connectivity index (χ2v) is 4.34. The first-order valence-corrected chi connectivity index (χ1v) is 5.75. The molecular formula is C14H16O4. The summed E-state index contributed by atoms with van der Waals surface area (Å²) in [5.74, 6) is 0.356. The molecule has 0 atom stereocenters. The average Bonchev–Trinajstić information content (AvgIpc) is 2.88. The highest BCUT2D eigenvalue weighted by atomic mass is 16.5. The van der Waals surface area contributed by atoms with Crippen molar-refractivity contribution in [1.82, 2.24) is 0 Å². The van der Waals surface area contributed by atoms with Crippen LogP contribution in [0.15, 0.2) is 30.4 Å². The Bertz CT molecular complexity index is 483. The number of ether oxygens (including phenoxy) is 2. The van der Waals surface area contributed by atoms with Gasteiger partial charge in [-0.1, -0.05) is 18.2 Å². The zero-order valence-corrected chi connectivity index (χ0v) is 10.5. The van der Waals surface area contributed by atoms with Crippen molar-refractivity contribution in [1.29, 1.82) is 0 Å². The maximum atomic E-state index is 11.6. The maximum Gasteiger partial charge on any atom is 0.314 e. The number of carbonyl (C=O) groups is 1. The number of methoxy groups -OCH3 is 2. The fourth-order valence-electron chi connectivity index (χ4n) is 2.32. The lowest BCUT2D eigenvalue weighted by Crippen LogP contribution is -2.32. The van der Waals surface area contributed by atoms with E-state index in [0.29, 0.717) is 24.3 Å². The molecule has 18 heavy (non-hydrogen) atoms. The van der Waals surface area contributed by atoms with E-state index in [1.165, 1.54) is 0 Å². The summed E-state index contributed by atoms with van der Waals surface area (Å²) in [6, 6.07) is 5.29. The Morgan fingerprint density at radius 3 is 2.28 bits per heavy atom. The molecule has 1 aliphatic carbocycles. The standard InChI is InChI=1S/C14H16O4/c1-17-11-6-5-10(9-12(11)18-2)14(13(15)16)7-3-4-8-14/h3-6,9H,7-8H2,1-2H3,(H,15,16). The van der Waals surface area contributed by atoms with Crippen molar-refractivity contribution in [2.75, 3.05) is 14.2 Å². The van der Waals surface area contributed by atoms with Gasteiger partial charge in [-0.25, -0.2) is 0 Å². The lowest BCUT2D eigenvalue weighted by atomic mass is 9.78. The Morgan fingerprint density at radius 2 is 1.78 bits per heavy atom. The Morgan fingerprint density at radius 1 is 1.17 bits per heavy atom. The molecule has 0 radical (unpaired) electrons. The van der Waals surface area contributed by atoms with E-state index in [1.807, 2.05) is 12.2 Å². The van der Waals surface area contributed by atoms with E-state index >= 15 is 0 Å². The Kier molecular flexibility index (Phi) is 3.28. The van der Waals surface area contributed by atoms with Gasteiger partial charge in [-0.3, -0.25) is 4.79 Å². The van der Waals surface area contributed by atoms with Crippen molar-refractivity contribution in [3.8, 4) is 11.5 Å². The average molecular weight is 248 g/mol. The van der Waals surface area contributed by atoms with Gasteiger partial charge in [0.1, 0.15) is 0 Å². The van der Waals surface area contributed by atoms with Gasteiger partial charge >= 0.3 is 5.97 Å². The molecule has 1 aliphatic rings. The largest absolute Gasteiger partial charge is 0.493 e. The van der Waals surface area contributed by atoms with Gasteiger partial charge in [-0.2, -0.15) is 0 Å². The summed E-state index contributed by atoms with van der Waals surface area (Å²) in [4.78, 5) is 11.6. The quantitative estimate of drug-likeness (QED) is 0.831. The Balaban J connectivity index is 2.47. The number of carboxylic acids is 1. The van der Waals surface area contributed by atoms with E-state index in [2.05, 4.69) is 0 Å². The molecule has 0 aliphatic heterocycles. The summed E-state index contributed by atoms with van der Waals surface area (Å²) in [7, 11) is 3.10. The van der Waals surface area contributed by atoms with E-state index in [0.717, 1.165) is 5.56 Å². The molecule has 1 aromatic carbocycles. The summed E-state index contributed by atoms with van der Waals surface area (Å²) < 4.78 is 10.4. The van der Waals surface area contributed by atoms with Crippen molar-refractivity contribution in [2.24, 2.45) is 0 Å². The Hall–Kier alpha value is -1.97. The first-order chi connectivity index (χ1) is 8.64. The highest BCUT2D eigenvalue weighted by Crippen LogP contribution is 2.40. The van der Waals surface area contributed by atoms with Crippen LogP contribution in [0.1, 0.15) is 18.4 Å². The third kappa shape index (κ3) is 1.83. The van der Waals surface area contributed by atoms with Crippen LogP contribution in [0.25, 0.3) is 0 Å². The van der Waals surface area contributed by atoms with Crippen LogP contribution in [0.3, 0.4) is 0 Å². The van der Waals surface area contributed by atoms with Gasteiger partial charge < -0.3 is 14.6 Å². The van der Waals surface area contributed by atoms with Crippen LogP contribution in [0, 0.1) is 0 Å². The number of benzene rings is 1. The fraction of sp³-hybridized carbons (Fsp3) is 0.357. The molecule has 96 valence electrons. The molecule has 0 aromatic heterocycles. The summed E-state index contributed by atoms with van der Waals surface area (Å²) in [6.45, 7) is 0. The molecule has 4 heteroatoms. The lowest BCUT2D eigenvalue weighted by molar-refractivity contribution is -0.143. The van der Waals surface area contributed by atoms with Crippen LogP contribution in [0.5, 0.6) is 11.5 Å². The van der Waals surface area contributed by atoms with Crippen molar-refractivity contribution >= 4 is 5.97 Å². The second kappa shape index (κ2) is 4.72. The minimum atomic E-state index is -0.862. The number of aliphatic carboxylic acids is 1. The fourth-order valence-corrected chi connectivity index (χ4v) is 2.32. The van der Waals surface area contributed by atoms with Crippen molar-refractivity contribution in [3.05, 3.63) is 35.9 Å². The highest BCUT2D eigenvalue weighted by molar-refractivity contribution is 5.83. The summed E-state index contributed by atoms with van der Waals surface area (Å²) in [6.07, 6.45) is 4.84. The molecule has 0 spiro atoms. The van der Waals surface area contributed by atoms with Crippen LogP contribution in [-0.4, -0.2) is 25.3 Å². The van der Waals surface area contributed by atoms with Crippen LogP contribution in [0.2, 0.25) is 0 Å². The molecule has 0 heterocycles. The number of allylic oxidation sites excluding steroid dienone is 2. The number of hydrogen-bond acceptors (Lipinski definition) is 3. The van der Waals surface area contributed by atoms with E-state index < -0.39 is 11.4 Å². The number of rotatable bonds is 4. The lowest BCUT2D eigenvalue weighted by Gasteiger charge is -2.25. The van der Waals surface area contributed by atoms with Gasteiger partial charge in [-0.05, 0) is 30.5 Å². The molecule has 0 fully saturated rings. The normalized spacial score (nSPS) is 16.6. The predicted molar refractivity (Wildman–Crippen MR) is 67.2 cm³/mol. The first-order valence-electron chi connectivity index (χ1n) is 5.75. The van der Waals surface area contributed by atoms with Crippen molar-refractivity contribution < 1.29 is 19.4 Å². The Labute approximate surface area is 106 Å². The van der Waals surface area contributed by atoms with Crippen molar-refractivity contribution in [2.45, 2.75) is 18.3 Å². The molecule has 0 unspecified atom stereocenters. The molecule has 0 saturated heterocycles. The van der Waals surface area contributed by atoms with E-state index in [9.17, 15) is 9.90 Å². The topological polar surface area (TPSA) is 55.8 Å². The summed E-state index contributed by atoms with van der Waals surface area (Å²) in [5.41, 5.74) is -0.114. The molecule has 0 bridgehead atoms. The van der Waals surface area contributed by atoms with Crippen LogP contribution in [0.4, 0.5) is 0 Å². The second-order valence-electron chi connectivity index (χ2n) is 4.34. The highest BCUT2D eigenvalue weighted by Gasteiger charge is 2.41. The minimum Gasteiger partial charge on any atom is -0.493 e. The van der Waals surface area contributed by atoms with Gasteiger partial charge in [0.15, 0.2) is 11.5 Å². The number of carboxylic acid groups (broad SMARTS) is 1. The molecular weight excluding hydrogens is 232 g/mol. The zero-order valence-electron chi connectivity index (χ0n) is 10.5.